The highest BCUT2D eigenvalue weighted by atomic mass is 35.5. The molecule has 2 aromatic rings. The first-order valence-corrected chi connectivity index (χ1v) is 7.59. The number of ether oxygens (including phenoxy) is 2. The highest BCUT2D eigenvalue weighted by molar-refractivity contribution is 6.30. The molecule has 2 rings (SSSR count). The largest absolute Gasteiger partial charge is 0.490 e. The van der Waals surface area contributed by atoms with Crippen molar-refractivity contribution < 1.29 is 14.6 Å². The average Bonchev–Trinajstić information content (AvgIpc) is 2.54. The summed E-state index contributed by atoms with van der Waals surface area (Å²) in [5, 5.41) is 12.9. The van der Waals surface area contributed by atoms with Gasteiger partial charge in [0.15, 0.2) is 11.5 Å². The quantitative estimate of drug-likeness (QED) is 0.778. The van der Waals surface area contributed by atoms with Crippen LogP contribution in [-0.4, -0.2) is 24.9 Å². The van der Waals surface area contributed by atoms with E-state index in [1.165, 1.54) is 0 Å². The van der Waals surface area contributed by atoms with Gasteiger partial charge < -0.3 is 19.9 Å². The van der Waals surface area contributed by atoms with E-state index in [1.807, 2.05) is 49.4 Å². The molecular weight excluding hydrogens is 302 g/mol. The van der Waals surface area contributed by atoms with Gasteiger partial charge in [-0.25, -0.2) is 0 Å². The number of anilines is 1. The Hall–Kier alpha value is -1.91. The molecule has 0 heterocycles. The van der Waals surface area contributed by atoms with Crippen LogP contribution in [0.3, 0.4) is 0 Å². The molecular formula is C17H20ClNO3. The van der Waals surface area contributed by atoms with Crippen molar-refractivity contribution in [2.45, 2.75) is 13.5 Å². The number of hydrogen-bond acceptors (Lipinski definition) is 4. The molecule has 0 amide bonds. The van der Waals surface area contributed by atoms with Crippen molar-refractivity contribution in [1.29, 1.82) is 0 Å². The van der Waals surface area contributed by atoms with Gasteiger partial charge in [-0.1, -0.05) is 17.7 Å². The van der Waals surface area contributed by atoms with Crippen LogP contribution in [0.1, 0.15) is 12.5 Å². The molecule has 0 aliphatic heterocycles. The summed E-state index contributed by atoms with van der Waals surface area (Å²) < 4.78 is 11.1. The van der Waals surface area contributed by atoms with E-state index >= 15 is 0 Å². The van der Waals surface area contributed by atoms with Crippen LogP contribution in [0.25, 0.3) is 0 Å². The van der Waals surface area contributed by atoms with Crippen molar-refractivity contribution in [3.05, 3.63) is 53.1 Å². The van der Waals surface area contributed by atoms with Crippen LogP contribution < -0.4 is 14.8 Å². The van der Waals surface area contributed by atoms with E-state index < -0.39 is 0 Å². The molecule has 0 saturated heterocycles. The summed E-state index contributed by atoms with van der Waals surface area (Å²) in [6, 6.07) is 13.3. The monoisotopic (exact) mass is 321 g/mol. The fraction of sp³-hybridized carbons (Fsp3) is 0.294. The zero-order valence-corrected chi connectivity index (χ0v) is 13.3. The van der Waals surface area contributed by atoms with Gasteiger partial charge in [0, 0.05) is 17.3 Å². The lowest BCUT2D eigenvalue weighted by Gasteiger charge is -2.13. The fourth-order valence-corrected chi connectivity index (χ4v) is 2.10. The van der Waals surface area contributed by atoms with Gasteiger partial charge in [0.2, 0.25) is 0 Å². The summed E-state index contributed by atoms with van der Waals surface area (Å²) in [6.45, 7) is 3.38. The Morgan fingerprint density at radius 1 is 1.05 bits per heavy atom. The molecule has 118 valence electrons. The highest BCUT2D eigenvalue weighted by Crippen LogP contribution is 2.29. The zero-order valence-electron chi connectivity index (χ0n) is 12.5. The third kappa shape index (κ3) is 4.83. The first-order chi connectivity index (χ1) is 10.7. The Kier molecular flexibility index (Phi) is 6.37. The van der Waals surface area contributed by atoms with E-state index in [9.17, 15) is 0 Å². The molecule has 2 N–H and O–H groups in total. The average molecular weight is 322 g/mol. The van der Waals surface area contributed by atoms with Gasteiger partial charge in [-0.3, -0.25) is 0 Å². The molecule has 0 aliphatic carbocycles. The minimum Gasteiger partial charge on any atom is -0.490 e. The van der Waals surface area contributed by atoms with Gasteiger partial charge in [-0.05, 0) is 48.9 Å². The van der Waals surface area contributed by atoms with Gasteiger partial charge in [0.1, 0.15) is 6.61 Å². The second kappa shape index (κ2) is 8.51. The topological polar surface area (TPSA) is 50.7 Å². The van der Waals surface area contributed by atoms with Crippen molar-refractivity contribution in [3.8, 4) is 11.5 Å². The maximum Gasteiger partial charge on any atom is 0.161 e. The van der Waals surface area contributed by atoms with Crippen LogP contribution in [0.4, 0.5) is 5.69 Å². The third-order valence-corrected chi connectivity index (χ3v) is 3.25. The van der Waals surface area contributed by atoms with E-state index in [-0.39, 0.29) is 13.2 Å². The van der Waals surface area contributed by atoms with Gasteiger partial charge in [0.05, 0.1) is 13.2 Å². The van der Waals surface area contributed by atoms with Crippen molar-refractivity contribution in [2.75, 3.05) is 25.1 Å². The van der Waals surface area contributed by atoms with Crippen LogP contribution in [0.5, 0.6) is 11.5 Å². The summed E-state index contributed by atoms with van der Waals surface area (Å²) in [5.41, 5.74) is 2.08. The van der Waals surface area contributed by atoms with E-state index in [4.69, 9.17) is 26.2 Å². The van der Waals surface area contributed by atoms with Crippen LogP contribution in [0.2, 0.25) is 5.02 Å². The van der Waals surface area contributed by atoms with Crippen molar-refractivity contribution >= 4 is 17.3 Å². The Bertz CT molecular complexity index is 587. The van der Waals surface area contributed by atoms with E-state index in [0.29, 0.717) is 24.7 Å². The second-order valence-electron chi connectivity index (χ2n) is 4.65. The van der Waals surface area contributed by atoms with Gasteiger partial charge in [-0.2, -0.15) is 0 Å². The molecule has 0 atom stereocenters. The summed E-state index contributed by atoms with van der Waals surface area (Å²) in [7, 11) is 0. The Balaban J connectivity index is 2.04. The number of aliphatic hydroxyl groups excluding tert-OH is 1. The Labute approximate surface area is 135 Å². The number of rotatable bonds is 8. The molecule has 22 heavy (non-hydrogen) atoms. The van der Waals surface area contributed by atoms with Crippen LogP contribution in [0, 0.1) is 0 Å². The lowest BCUT2D eigenvalue weighted by molar-refractivity contribution is 0.194. The maximum atomic E-state index is 8.85. The highest BCUT2D eigenvalue weighted by Gasteiger charge is 2.06. The minimum absolute atomic E-state index is 0.0224. The molecule has 0 bridgehead atoms. The molecule has 0 unspecified atom stereocenters. The maximum absolute atomic E-state index is 8.85. The van der Waals surface area contributed by atoms with Gasteiger partial charge in [-0.15, -0.1) is 0 Å². The molecule has 0 aliphatic rings. The summed E-state index contributed by atoms with van der Waals surface area (Å²) >= 11 is 5.87. The summed E-state index contributed by atoms with van der Waals surface area (Å²) in [4.78, 5) is 0. The molecule has 4 nitrogen and oxygen atoms in total. The molecule has 0 fully saturated rings. The third-order valence-electron chi connectivity index (χ3n) is 3.00. The number of halogens is 1. The number of nitrogens with one attached hydrogen (secondary N) is 1. The van der Waals surface area contributed by atoms with Gasteiger partial charge >= 0.3 is 0 Å². The first kappa shape index (κ1) is 16.5. The van der Waals surface area contributed by atoms with E-state index in [0.717, 1.165) is 16.3 Å². The predicted octanol–water partition coefficient (Wildman–Crippen LogP) is 3.72. The van der Waals surface area contributed by atoms with Crippen molar-refractivity contribution in [3.63, 3.8) is 0 Å². The van der Waals surface area contributed by atoms with Crippen LogP contribution >= 0.6 is 11.6 Å². The molecule has 0 spiro atoms. The van der Waals surface area contributed by atoms with Crippen LogP contribution in [-0.2, 0) is 6.54 Å². The number of benzene rings is 2. The summed E-state index contributed by atoms with van der Waals surface area (Å²) in [5.74, 6) is 1.33. The molecule has 0 radical (unpaired) electrons. The molecule has 0 saturated carbocycles. The van der Waals surface area contributed by atoms with Crippen molar-refractivity contribution in [1.82, 2.24) is 0 Å². The van der Waals surface area contributed by atoms with Crippen LogP contribution in [0.15, 0.2) is 42.5 Å². The minimum atomic E-state index is -0.0224. The first-order valence-electron chi connectivity index (χ1n) is 7.21. The molecule has 5 heteroatoms. The lowest BCUT2D eigenvalue weighted by atomic mass is 10.2. The van der Waals surface area contributed by atoms with E-state index in [2.05, 4.69) is 5.32 Å². The number of aliphatic hydroxyl groups is 1. The Morgan fingerprint density at radius 2 is 1.82 bits per heavy atom. The Morgan fingerprint density at radius 3 is 2.50 bits per heavy atom. The second-order valence-corrected chi connectivity index (χ2v) is 5.08. The summed E-state index contributed by atoms with van der Waals surface area (Å²) in [6.07, 6.45) is 0. The normalized spacial score (nSPS) is 10.3. The SMILES string of the molecule is CCOc1cc(CNc2ccc(Cl)cc2)ccc1OCCO. The van der Waals surface area contributed by atoms with Gasteiger partial charge in [0.25, 0.3) is 0 Å². The van der Waals surface area contributed by atoms with Crippen molar-refractivity contribution in [2.24, 2.45) is 0 Å². The van der Waals surface area contributed by atoms with E-state index in [1.54, 1.807) is 0 Å². The fourth-order valence-electron chi connectivity index (χ4n) is 1.98. The standard InChI is InChI=1S/C17H20ClNO3/c1-2-21-17-11-13(3-8-16(17)22-10-9-20)12-19-15-6-4-14(18)5-7-15/h3-8,11,19-20H,2,9-10,12H2,1H3. The zero-order chi connectivity index (χ0) is 15.8. The smallest absolute Gasteiger partial charge is 0.161 e. The molecule has 0 aromatic heterocycles. The predicted molar refractivity (Wildman–Crippen MR) is 89.0 cm³/mol. The molecule has 2 aromatic carbocycles. The number of hydrogen-bond donors (Lipinski definition) is 2. The lowest BCUT2D eigenvalue weighted by Crippen LogP contribution is -2.05.